The molecule has 0 aromatic carbocycles. The highest BCUT2D eigenvalue weighted by molar-refractivity contribution is 5.33. The van der Waals surface area contributed by atoms with Gasteiger partial charge in [0.15, 0.2) is 0 Å². The van der Waals surface area contributed by atoms with Crippen molar-refractivity contribution in [3.63, 3.8) is 0 Å². The van der Waals surface area contributed by atoms with Crippen LogP contribution in [0.4, 0.5) is 0 Å². The van der Waals surface area contributed by atoms with E-state index in [-0.39, 0.29) is 19.8 Å². The minimum absolute atomic E-state index is 0.112. The smallest absolute Gasteiger partial charge is 0.123 e. The van der Waals surface area contributed by atoms with E-state index in [4.69, 9.17) is 41.9 Å². The van der Waals surface area contributed by atoms with Crippen LogP contribution in [-0.2, 0) is 18.9 Å². The molecule has 3 rings (SSSR count). The lowest BCUT2D eigenvalue weighted by Crippen LogP contribution is -2.91. The number of likely N-dealkylation sites (N-methyl/N-ethyl adjacent to an activating group) is 1. The van der Waals surface area contributed by atoms with Gasteiger partial charge in [-0.25, -0.2) is 0 Å². The molecule has 16 atom stereocenters. The van der Waals surface area contributed by atoms with Gasteiger partial charge in [0.25, 0.3) is 0 Å². The lowest BCUT2D eigenvalue weighted by Gasteiger charge is -2.74. The lowest BCUT2D eigenvalue weighted by atomic mass is 9.37. The second-order valence-corrected chi connectivity index (χ2v) is 19.6. The van der Waals surface area contributed by atoms with Crippen molar-refractivity contribution in [2.45, 2.75) is 203 Å². The average Bonchev–Trinajstić information content (AvgIpc) is 2.97. The quantitative estimate of drug-likeness (QED) is 0.145. The van der Waals surface area contributed by atoms with Crippen LogP contribution in [-0.4, -0.2) is 138 Å². The molecule has 0 amide bonds. The third-order valence-corrected chi connectivity index (χ3v) is 16.9. The van der Waals surface area contributed by atoms with E-state index < -0.39 is 96.5 Å². The minimum Gasteiger partial charge on any atom is -0.390 e. The maximum absolute atomic E-state index is 12.9. The standard InChI is InChI=1S/C38H77N5O9/c1-22(44)31(9)36(14,47)37(15,48)34(12,42)28(6,52-31)21-49-20-27(5)32(10,40)26(3,4)33(11,41)38(16,35(27,13)46)50-19-18-24-29(7,39)25(43-17)30(8,45)23(2)51-24/h22-25,43-48H,18-21,39-42H2,1-17H3. The molecule has 308 valence electrons. The van der Waals surface area contributed by atoms with Crippen LogP contribution >= 0.6 is 0 Å². The third kappa shape index (κ3) is 5.41. The van der Waals surface area contributed by atoms with Crippen LogP contribution in [0.5, 0.6) is 0 Å². The van der Waals surface area contributed by atoms with E-state index in [9.17, 15) is 25.5 Å². The van der Waals surface area contributed by atoms with Gasteiger partial charge in [0.1, 0.15) is 39.2 Å². The zero-order valence-electron chi connectivity index (χ0n) is 35.3. The van der Waals surface area contributed by atoms with Gasteiger partial charge in [-0.2, -0.15) is 0 Å². The summed E-state index contributed by atoms with van der Waals surface area (Å²) < 4.78 is 26.1. The predicted octanol–water partition coefficient (Wildman–Crippen LogP) is 0.392. The molecular weight excluding hydrogens is 670 g/mol. The highest BCUT2D eigenvalue weighted by Gasteiger charge is 2.79. The van der Waals surface area contributed by atoms with Gasteiger partial charge >= 0.3 is 0 Å². The fourth-order valence-corrected chi connectivity index (χ4v) is 10.2. The van der Waals surface area contributed by atoms with Crippen molar-refractivity contribution >= 4 is 0 Å². The van der Waals surface area contributed by atoms with Crippen molar-refractivity contribution in [3.05, 3.63) is 0 Å². The minimum atomic E-state index is -1.96. The van der Waals surface area contributed by atoms with Crippen LogP contribution in [0.3, 0.4) is 0 Å². The van der Waals surface area contributed by atoms with E-state index in [1.54, 1.807) is 41.7 Å². The molecule has 3 fully saturated rings. The molecule has 0 bridgehead atoms. The van der Waals surface area contributed by atoms with Gasteiger partial charge in [-0.05, 0) is 103 Å². The highest BCUT2D eigenvalue weighted by Crippen LogP contribution is 2.65. The van der Waals surface area contributed by atoms with Gasteiger partial charge in [0, 0.05) is 16.4 Å². The Labute approximate surface area is 313 Å². The van der Waals surface area contributed by atoms with E-state index in [0.717, 1.165) is 0 Å². The SMILES string of the molecule is CNC1C(C)(N)C(CCOC2(C)C(C)(N)C(C)(C)C(C)(N)C(C)(COCC3(C)OC(C)(C(C)O)C(C)(O)C(C)(O)C3(C)N)C2(C)O)OC(C)C1(C)O. The fraction of sp³-hybridized carbons (Fsp3) is 1.00. The van der Waals surface area contributed by atoms with Crippen molar-refractivity contribution in [2.75, 3.05) is 26.9 Å². The Balaban J connectivity index is 2.01. The number of hydrogen-bond donors (Lipinski definition) is 10. The van der Waals surface area contributed by atoms with Crippen LogP contribution in [0, 0.1) is 10.8 Å². The van der Waals surface area contributed by atoms with Crippen molar-refractivity contribution < 1.29 is 44.5 Å². The molecule has 3 aliphatic rings. The summed E-state index contributed by atoms with van der Waals surface area (Å²) in [6, 6.07) is -0.474. The first-order valence-electron chi connectivity index (χ1n) is 18.8. The maximum atomic E-state index is 12.9. The Hall–Kier alpha value is -0.560. The number of aliphatic hydroxyl groups is 5. The number of rotatable bonds is 10. The van der Waals surface area contributed by atoms with Crippen LogP contribution < -0.4 is 28.3 Å². The summed E-state index contributed by atoms with van der Waals surface area (Å²) in [5.74, 6) is 0. The zero-order valence-corrected chi connectivity index (χ0v) is 35.3. The Morgan fingerprint density at radius 3 is 1.69 bits per heavy atom. The molecular formula is C38H77N5O9. The largest absolute Gasteiger partial charge is 0.390 e. The Morgan fingerprint density at radius 2 is 1.23 bits per heavy atom. The fourth-order valence-electron chi connectivity index (χ4n) is 10.2. The monoisotopic (exact) mass is 748 g/mol. The molecule has 2 heterocycles. The third-order valence-electron chi connectivity index (χ3n) is 16.9. The van der Waals surface area contributed by atoms with Crippen LogP contribution in [0.25, 0.3) is 0 Å². The lowest BCUT2D eigenvalue weighted by molar-refractivity contribution is -0.382. The van der Waals surface area contributed by atoms with Gasteiger partial charge in [-0.15, -0.1) is 0 Å². The first-order valence-corrected chi connectivity index (χ1v) is 18.8. The Morgan fingerprint density at radius 1 is 0.731 bits per heavy atom. The van der Waals surface area contributed by atoms with E-state index in [1.807, 2.05) is 48.5 Å². The van der Waals surface area contributed by atoms with E-state index in [1.165, 1.54) is 27.7 Å². The number of aliphatic hydroxyl groups excluding tert-OH is 1. The molecule has 0 radical (unpaired) electrons. The van der Waals surface area contributed by atoms with Gasteiger partial charge < -0.3 is 72.7 Å². The van der Waals surface area contributed by atoms with Crippen molar-refractivity contribution in [3.8, 4) is 0 Å². The first-order chi connectivity index (χ1) is 22.8. The molecule has 0 aromatic heterocycles. The van der Waals surface area contributed by atoms with E-state index in [0.29, 0.717) is 6.42 Å². The van der Waals surface area contributed by atoms with Crippen LogP contribution in [0.2, 0.25) is 0 Å². The summed E-state index contributed by atoms with van der Waals surface area (Å²) in [7, 11) is 1.76. The Bertz CT molecular complexity index is 1320. The predicted molar refractivity (Wildman–Crippen MR) is 201 cm³/mol. The Kier molecular flexibility index (Phi) is 11.2. The van der Waals surface area contributed by atoms with E-state index in [2.05, 4.69) is 5.32 Å². The topological polar surface area (TPSA) is 254 Å². The molecule has 1 aliphatic carbocycles. The second kappa shape index (κ2) is 12.7. The average molecular weight is 748 g/mol. The normalized spacial score (nSPS) is 57.5. The summed E-state index contributed by atoms with van der Waals surface area (Å²) in [5, 5.41) is 61.6. The molecule has 16 unspecified atom stereocenters. The molecule has 0 aromatic rings. The molecule has 52 heavy (non-hydrogen) atoms. The number of hydrogen-bond acceptors (Lipinski definition) is 14. The number of nitrogens with two attached hydrogens (primary N) is 4. The highest BCUT2D eigenvalue weighted by atomic mass is 16.6. The maximum Gasteiger partial charge on any atom is 0.123 e. The summed E-state index contributed by atoms with van der Waals surface area (Å²) in [4.78, 5) is 0. The molecule has 2 aliphatic heterocycles. The molecule has 14 N–H and O–H groups in total. The molecule has 14 heteroatoms. The van der Waals surface area contributed by atoms with Crippen molar-refractivity contribution in [2.24, 2.45) is 33.8 Å². The van der Waals surface area contributed by atoms with Crippen LogP contribution in [0.15, 0.2) is 0 Å². The van der Waals surface area contributed by atoms with E-state index >= 15 is 0 Å². The van der Waals surface area contributed by atoms with Crippen molar-refractivity contribution in [1.82, 2.24) is 5.32 Å². The van der Waals surface area contributed by atoms with Crippen molar-refractivity contribution in [1.29, 1.82) is 0 Å². The molecule has 0 spiro atoms. The first kappa shape index (κ1) is 45.8. The van der Waals surface area contributed by atoms with Gasteiger partial charge in [0.05, 0.1) is 60.8 Å². The molecule has 2 saturated heterocycles. The second-order valence-electron chi connectivity index (χ2n) is 19.6. The summed E-state index contributed by atoms with van der Waals surface area (Å²) in [5.41, 5.74) is 9.79. The number of nitrogens with one attached hydrogen (secondary N) is 1. The number of ether oxygens (including phenoxy) is 4. The van der Waals surface area contributed by atoms with Gasteiger partial charge in [0.2, 0.25) is 0 Å². The summed E-state index contributed by atoms with van der Waals surface area (Å²) >= 11 is 0. The van der Waals surface area contributed by atoms with Gasteiger partial charge in [-0.3, -0.25) is 0 Å². The zero-order chi connectivity index (χ0) is 41.2. The molecule has 14 nitrogen and oxygen atoms in total. The summed E-state index contributed by atoms with van der Waals surface area (Å²) in [6.07, 6.45) is -1.88. The van der Waals surface area contributed by atoms with Crippen LogP contribution in [0.1, 0.15) is 117 Å². The molecule has 1 saturated carbocycles. The summed E-state index contributed by atoms with van der Waals surface area (Å²) in [6.45, 7) is 27.2. The van der Waals surface area contributed by atoms with Gasteiger partial charge in [-0.1, -0.05) is 20.8 Å².